The minimum atomic E-state index is -2.64. The molecule has 4 nitrogen and oxygen atoms in total. The molecule has 0 spiro atoms. The third-order valence-electron chi connectivity index (χ3n) is 3.67. The molecule has 1 saturated carbocycles. The standard InChI is InChI=1S/C14H16F2O4/c1-19-10-6-8(13(15)16)5-9(12(10)20-2)14(3-4-14)7-11(17)18/h5-6,13H,3-4,7H2,1-2H3,(H,17,18). The molecule has 0 aliphatic heterocycles. The lowest BCUT2D eigenvalue weighted by molar-refractivity contribution is -0.137. The number of hydrogen-bond donors (Lipinski definition) is 1. The molecule has 0 aromatic heterocycles. The first kappa shape index (κ1) is 14.6. The van der Waals surface area contributed by atoms with Crippen LogP contribution in [0.3, 0.4) is 0 Å². The summed E-state index contributed by atoms with van der Waals surface area (Å²) in [5, 5.41) is 9.00. The van der Waals surface area contributed by atoms with E-state index in [2.05, 4.69) is 0 Å². The third-order valence-corrected chi connectivity index (χ3v) is 3.67. The first-order chi connectivity index (χ1) is 9.43. The average molecular weight is 286 g/mol. The maximum absolute atomic E-state index is 13.0. The molecule has 1 aromatic carbocycles. The van der Waals surface area contributed by atoms with E-state index in [9.17, 15) is 13.6 Å². The van der Waals surface area contributed by atoms with Crippen LogP contribution < -0.4 is 9.47 Å². The van der Waals surface area contributed by atoms with Crippen molar-refractivity contribution in [1.29, 1.82) is 0 Å². The Morgan fingerprint density at radius 3 is 2.40 bits per heavy atom. The summed E-state index contributed by atoms with van der Waals surface area (Å²) < 4.78 is 36.3. The SMILES string of the molecule is COc1cc(C(F)F)cc(C2(CC(=O)O)CC2)c1OC. The van der Waals surface area contributed by atoms with E-state index in [-0.39, 0.29) is 17.7 Å². The number of carboxylic acid groups (broad SMARTS) is 1. The Kier molecular flexibility index (Phi) is 3.83. The van der Waals surface area contributed by atoms with Crippen LogP contribution in [0.1, 0.15) is 36.8 Å². The van der Waals surface area contributed by atoms with Gasteiger partial charge in [-0.3, -0.25) is 4.79 Å². The van der Waals surface area contributed by atoms with Crippen LogP contribution in [0.5, 0.6) is 11.5 Å². The van der Waals surface area contributed by atoms with Crippen molar-refractivity contribution in [3.05, 3.63) is 23.3 Å². The largest absolute Gasteiger partial charge is 0.493 e. The zero-order valence-electron chi connectivity index (χ0n) is 11.3. The lowest BCUT2D eigenvalue weighted by atomic mass is 9.90. The van der Waals surface area contributed by atoms with Gasteiger partial charge in [0.25, 0.3) is 6.43 Å². The predicted octanol–water partition coefficient (Wildman–Crippen LogP) is 3.15. The van der Waals surface area contributed by atoms with Gasteiger partial charge >= 0.3 is 5.97 Å². The van der Waals surface area contributed by atoms with Gasteiger partial charge in [0.05, 0.1) is 20.6 Å². The van der Waals surface area contributed by atoms with Gasteiger partial charge in [0, 0.05) is 16.5 Å². The smallest absolute Gasteiger partial charge is 0.304 e. The highest BCUT2D eigenvalue weighted by Crippen LogP contribution is 2.56. The van der Waals surface area contributed by atoms with E-state index in [1.807, 2.05) is 0 Å². The molecule has 1 fully saturated rings. The van der Waals surface area contributed by atoms with Crippen LogP contribution in [-0.4, -0.2) is 25.3 Å². The van der Waals surface area contributed by atoms with Crippen LogP contribution in [0, 0.1) is 0 Å². The highest BCUT2D eigenvalue weighted by molar-refractivity contribution is 5.71. The van der Waals surface area contributed by atoms with Crippen molar-refractivity contribution in [3.8, 4) is 11.5 Å². The van der Waals surface area contributed by atoms with Crippen molar-refractivity contribution in [2.24, 2.45) is 0 Å². The summed E-state index contributed by atoms with van der Waals surface area (Å²) in [5.41, 5.74) is -0.304. The zero-order chi connectivity index (χ0) is 14.9. The van der Waals surface area contributed by atoms with E-state index in [0.29, 0.717) is 24.2 Å². The minimum absolute atomic E-state index is 0.0980. The molecule has 2 rings (SSSR count). The number of methoxy groups -OCH3 is 2. The summed E-state index contributed by atoms with van der Waals surface area (Å²) in [5.74, 6) is -0.404. The molecule has 1 aliphatic rings. The van der Waals surface area contributed by atoms with Gasteiger partial charge in [-0.25, -0.2) is 8.78 Å². The number of rotatable bonds is 6. The molecule has 0 amide bonds. The van der Waals surface area contributed by atoms with Gasteiger partial charge in [-0.2, -0.15) is 0 Å². The Labute approximate surface area is 115 Å². The molecule has 0 saturated heterocycles. The maximum atomic E-state index is 13.0. The van der Waals surface area contributed by atoms with Crippen molar-refractivity contribution < 1.29 is 28.2 Å². The number of carboxylic acids is 1. The Morgan fingerprint density at radius 1 is 1.35 bits per heavy atom. The fourth-order valence-corrected chi connectivity index (χ4v) is 2.49. The molecule has 1 N–H and O–H groups in total. The number of alkyl halides is 2. The molecule has 1 aliphatic carbocycles. The van der Waals surface area contributed by atoms with Gasteiger partial charge in [0.1, 0.15) is 0 Å². The highest BCUT2D eigenvalue weighted by Gasteiger charge is 2.48. The lowest BCUT2D eigenvalue weighted by Crippen LogP contribution is -2.15. The molecule has 6 heteroatoms. The molecule has 0 heterocycles. The van der Waals surface area contributed by atoms with Gasteiger partial charge in [-0.05, 0) is 25.0 Å². The molecule has 1 aromatic rings. The Balaban J connectivity index is 2.55. The van der Waals surface area contributed by atoms with Crippen LogP contribution >= 0.6 is 0 Å². The van der Waals surface area contributed by atoms with Crippen LogP contribution in [0.4, 0.5) is 8.78 Å². The fraction of sp³-hybridized carbons (Fsp3) is 0.500. The second kappa shape index (κ2) is 5.26. The maximum Gasteiger partial charge on any atom is 0.304 e. The minimum Gasteiger partial charge on any atom is -0.493 e. The summed E-state index contributed by atoms with van der Waals surface area (Å²) in [6, 6.07) is 2.56. The second-order valence-corrected chi connectivity index (χ2v) is 4.96. The van der Waals surface area contributed by atoms with E-state index < -0.39 is 17.8 Å². The first-order valence-electron chi connectivity index (χ1n) is 6.20. The molecule has 0 radical (unpaired) electrons. The van der Waals surface area contributed by atoms with Gasteiger partial charge in [0.2, 0.25) is 0 Å². The van der Waals surface area contributed by atoms with Crippen molar-refractivity contribution in [3.63, 3.8) is 0 Å². The van der Waals surface area contributed by atoms with Crippen molar-refractivity contribution in [1.82, 2.24) is 0 Å². The molecular weight excluding hydrogens is 270 g/mol. The predicted molar refractivity (Wildman–Crippen MR) is 67.7 cm³/mol. The van der Waals surface area contributed by atoms with E-state index in [1.54, 1.807) is 0 Å². The topological polar surface area (TPSA) is 55.8 Å². The number of ether oxygens (including phenoxy) is 2. The zero-order valence-corrected chi connectivity index (χ0v) is 11.3. The quantitative estimate of drug-likeness (QED) is 0.872. The number of halogens is 2. The number of carbonyl (C=O) groups is 1. The van der Waals surface area contributed by atoms with Gasteiger partial charge in [-0.1, -0.05) is 0 Å². The summed E-state index contributed by atoms with van der Waals surface area (Å²) in [6.45, 7) is 0. The Hall–Kier alpha value is -1.85. The highest BCUT2D eigenvalue weighted by atomic mass is 19.3. The molecule has 0 unspecified atom stereocenters. The number of aliphatic carboxylic acids is 1. The number of hydrogen-bond acceptors (Lipinski definition) is 3. The first-order valence-corrected chi connectivity index (χ1v) is 6.20. The average Bonchev–Trinajstić information content (AvgIpc) is 3.16. The second-order valence-electron chi connectivity index (χ2n) is 4.96. The molecule has 110 valence electrons. The monoisotopic (exact) mass is 286 g/mol. The fourth-order valence-electron chi connectivity index (χ4n) is 2.49. The van der Waals surface area contributed by atoms with Crippen LogP contribution in [-0.2, 0) is 10.2 Å². The normalized spacial score (nSPS) is 16.1. The Bertz CT molecular complexity index is 524. The van der Waals surface area contributed by atoms with Crippen LogP contribution in [0.2, 0.25) is 0 Å². The summed E-state index contributed by atoms with van der Waals surface area (Å²) in [4.78, 5) is 11.0. The third kappa shape index (κ3) is 2.55. The van der Waals surface area contributed by atoms with Crippen molar-refractivity contribution in [2.45, 2.75) is 31.1 Å². The van der Waals surface area contributed by atoms with Crippen LogP contribution in [0.15, 0.2) is 12.1 Å². The summed E-state index contributed by atoms with van der Waals surface area (Å²) >= 11 is 0. The molecule has 20 heavy (non-hydrogen) atoms. The summed E-state index contributed by atoms with van der Waals surface area (Å²) in [6.07, 6.45) is -1.45. The van der Waals surface area contributed by atoms with E-state index in [4.69, 9.17) is 14.6 Å². The molecular formula is C14H16F2O4. The van der Waals surface area contributed by atoms with Gasteiger partial charge in [0.15, 0.2) is 11.5 Å². The van der Waals surface area contributed by atoms with Crippen LogP contribution in [0.25, 0.3) is 0 Å². The lowest BCUT2D eigenvalue weighted by Gasteiger charge is -2.20. The van der Waals surface area contributed by atoms with Gasteiger partial charge in [-0.15, -0.1) is 0 Å². The van der Waals surface area contributed by atoms with E-state index in [0.717, 1.165) is 0 Å². The van der Waals surface area contributed by atoms with Crippen molar-refractivity contribution >= 4 is 5.97 Å². The van der Waals surface area contributed by atoms with Gasteiger partial charge < -0.3 is 14.6 Å². The summed E-state index contributed by atoms with van der Waals surface area (Å²) in [7, 11) is 2.79. The number of benzene rings is 1. The molecule has 0 atom stereocenters. The van der Waals surface area contributed by atoms with E-state index >= 15 is 0 Å². The Morgan fingerprint density at radius 2 is 2.00 bits per heavy atom. The van der Waals surface area contributed by atoms with Crippen molar-refractivity contribution in [2.75, 3.05) is 14.2 Å². The molecule has 0 bridgehead atoms. The van der Waals surface area contributed by atoms with E-state index in [1.165, 1.54) is 26.4 Å².